The largest absolute Gasteiger partial charge is 0.481 e. The summed E-state index contributed by atoms with van der Waals surface area (Å²) in [6.45, 7) is 11.2. The Morgan fingerprint density at radius 2 is 0.723 bits per heavy atom. The number of carbonyl (C=O) groups excluding carboxylic acids is 12. The first-order chi connectivity index (χ1) is 44.0. The third kappa shape index (κ3) is 33.1. The summed E-state index contributed by atoms with van der Waals surface area (Å²) in [5.74, 6) is -19.6. The van der Waals surface area contributed by atoms with Crippen LogP contribution in [0.4, 0.5) is 0 Å². The first-order valence-corrected chi connectivity index (χ1v) is 31.1. The van der Waals surface area contributed by atoms with Crippen molar-refractivity contribution in [3.63, 3.8) is 0 Å². The molecule has 0 heterocycles. The number of hydrogen-bond acceptors (Lipinski definition) is 20. The molecule has 0 fully saturated rings. The Kier molecular flexibility index (Phi) is 40.5. The maximum absolute atomic E-state index is 14.4. The van der Waals surface area contributed by atoms with Gasteiger partial charge in [0.05, 0.1) is 25.0 Å². The van der Waals surface area contributed by atoms with E-state index in [-0.39, 0.29) is 70.5 Å². The SMILES string of the molecule is CC[C@H](C)[C@H](NC(=O)[C@H](CC(N)=O)NC(=O)[C@H](CCCCN)NC(=O)[C@H](CCCCN)NC(=O)[C@@H](NC(=O)[C@@H](NC(=O)[C@@H](N)CCCN=C(N)N)[C@@H](C)O)C(C)C)C(=O)N[C@H](C(=O)N[C@@H](CCC(=O)O)C(=O)N[C@@H](CCC(=O)O)C(=O)N[C@@H](CC(N)=O)C(=O)O)[C@@H](C)CC. The Morgan fingerprint density at radius 3 is 1.10 bits per heavy atom. The van der Waals surface area contributed by atoms with Crippen molar-refractivity contribution in [1.29, 1.82) is 0 Å². The summed E-state index contributed by atoms with van der Waals surface area (Å²) >= 11 is 0. The molecule has 94 heavy (non-hydrogen) atoms. The highest BCUT2D eigenvalue weighted by Crippen LogP contribution is 2.16. The number of carboxylic acids is 3. The highest BCUT2D eigenvalue weighted by atomic mass is 16.4. The van der Waals surface area contributed by atoms with Gasteiger partial charge in [0, 0.05) is 19.4 Å². The third-order valence-corrected chi connectivity index (χ3v) is 15.0. The van der Waals surface area contributed by atoms with Gasteiger partial charge in [-0.15, -0.1) is 0 Å². The molecule has 12 amide bonds. The van der Waals surface area contributed by atoms with Crippen LogP contribution in [0, 0.1) is 17.8 Å². The van der Waals surface area contributed by atoms with Crippen LogP contribution in [-0.2, 0) is 71.9 Å². The molecule has 0 spiro atoms. The number of aliphatic hydroxyl groups excluding tert-OH is 1. The molecule has 0 rings (SSSR count). The summed E-state index contributed by atoms with van der Waals surface area (Å²) < 4.78 is 0. The van der Waals surface area contributed by atoms with Gasteiger partial charge in [-0.05, 0) is 102 Å². The van der Waals surface area contributed by atoms with Gasteiger partial charge in [-0.25, -0.2) is 4.79 Å². The van der Waals surface area contributed by atoms with Gasteiger partial charge in [0.15, 0.2) is 5.96 Å². The minimum absolute atomic E-state index is 0.0551. The van der Waals surface area contributed by atoms with Gasteiger partial charge in [-0.2, -0.15) is 0 Å². The van der Waals surface area contributed by atoms with Crippen LogP contribution in [-0.4, -0.2) is 207 Å². The Hall–Kier alpha value is -8.84. The van der Waals surface area contributed by atoms with Gasteiger partial charge < -0.3 is 114 Å². The summed E-state index contributed by atoms with van der Waals surface area (Å²) in [7, 11) is 0. The fourth-order valence-electron chi connectivity index (χ4n) is 9.02. The van der Waals surface area contributed by atoms with Crippen LogP contribution in [0.25, 0.3) is 0 Å². The van der Waals surface area contributed by atoms with Gasteiger partial charge in [-0.1, -0.05) is 54.4 Å². The van der Waals surface area contributed by atoms with E-state index < -0.39 is 218 Å². The van der Waals surface area contributed by atoms with E-state index in [1.807, 2.05) is 5.32 Å². The summed E-state index contributed by atoms with van der Waals surface area (Å²) in [4.78, 5) is 202. The van der Waals surface area contributed by atoms with Crippen LogP contribution in [0.15, 0.2) is 4.99 Å². The number of nitrogens with two attached hydrogens (primary N) is 7. The number of rotatable bonds is 49. The number of guanidine groups is 1. The van der Waals surface area contributed by atoms with E-state index in [0.29, 0.717) is 19.3 Å². The average Bonchev–Trinajstić information content (AvgIpc) is 0.905. The molecule has 0 saturated carbocycles. The summed E-state index contributed by atoms with van der Waals surface area (Å²) in [5, 5.41) is 63.1. The Balaban J connectivity index is 7.03. The lowest BCUT2D eigenvalue weighted by atomic mass is 9.94. The van der Waals surface area contributed by atoms with Crippen molar-refractivity contribution in [3.05, 3.63) is 0 Å². The van der Waals surface area contributed by atoms with Crippen molar-refractivity contribution in [3.8, 4) is 0 Å². The summed E-state index contributed by atoms with van der Waals surface area (Å²) in [6, 6.07) is -17.5. The van der Waals surface area contributed by atoms with Crippen LogP contribution >= 0.6 is 0 Å². The zero-order valence-electron chi connectivity index (χ0n) is 54.5. The second kappa shape index (κ2) is 44.7. The van der Waals surface area contributed by atoms with E-state index in [9.17, 15) is 92.3 Å². The normalized spacial score (nSPS) is 15.6. The van der Waals surface area contributed by atoms with E-state index in [1.165, 1.54) is 20.8 Å². The molecule has 37 heteroatoms. The molecule has 0 aliphatic rings. The minimum atomic E-state index is -1.91. The van der Waals surface area contributed by atoms with Crippen molar-refractivity contribution in [2.75, 3.05) is 19.6 Å². The first-order valence-electron chi connectivity index (χ1n) is 31.1. The number of unbranched alkanes of at least 4 members (excludes halogenated alkanes) is 2. The molecular weight excluding hydrogens is 1240 g/mol. The number of aliphatic imine (C=N–C) groups is 1. The number of carbonyl (C=O) groups is 15. The van der Waals surface area contributed by atoms with Crippen LogP contribution in [0.5, 0.6) is 0 Å². The van der Waals surface area contributed by atoms with Crippen LogP contribution < -0.4 is 93.3 Å². The van der Waals surface area contributed by atoms with Gasteiger partial charge in [0.1, 0.15) is 60.4 Å². The molecule has 0 unspecified atom stereocenters. The fourth-order valence-corrected chi connectivity index (χ4v) is 9.02. The van der Waals surface area contributed by atoms with Crippen LogP contribution in [0.1, 0.15) is 151 Å². The van der Waals surface area contributed by atoms with Crippen LogP contribution in [0.2, 0.25) is 0 Å². The number of aliphatic hydroxyl groups is 1. The molecule has 28 N–H and O–H groups in total. The van der Waals surface area contributed by atoms with Crippen molar-refractivity contribution in [2.24, 2.45) is 62.9 Å². The summed E-state index contributed by atoms with van der Waals surface area (Å²) in [5.41, 5.74) is 38.9. The smallest absolute Gasteiger partial charge is 0.326 e. The van der Waals surface area contributed by atoms with Crippen molar-refractivity contribution in [2.45, 2.75) is 224 Å². The molecule has 0 aromatic carbocycles. The Bertz CT molecular complexity index is 2610. The number of primary amides is 2. The predicted molar refractivity (Wildman–Crippen MR) is 337 cm³/mol. The molecular formula is C57H102N18O19. The van der Waals surface area contributed by atoms with E-state index in [2.05, 4.69) is 52.8 Å². The fraction of sp³-hybridized carbons (Fsp3) is 0.719. The zero-order chi connectivity index (χ0) is 72.1. The topological polar surface area (TPSA) is 652 Å². The van der Waals surface area contributed by atoms with E-state index in [1.54, 1.807) is 27.7 Å². The van der Waals surface area contributed by atoms with Crippen molar-refractivity contribution >= 4 is 94.8 Å². The maximum Gasteiger partial charge on any atom is 0.326 e. The predicted octanol–water partition coefficient (Wildman–Crippen LogP) is -6.83. The number of carboxylic acid groups (broad SMARTS) is 3. The molecule has 0 aromatic heterocycles. The van der Waals surface area contributed by atoms with E-state index in [4.69, 9.17) is 40.1 Å². The number of aliphatic carboxylic acids is 3. The molecule has 0 aliphatic carbocycles. The number of hydrogen-bond donors (Lipinski definition) is 21. The van der Waals surface area contributed by atoms with Gasteiger partial charge in [-0.3, -0.25) is 72.1 Å². The zero-order valence-corrected chi connectivity index (χ0v) is 54.5. The van der Waals surface area contributed by atoms with Gasteiger partial charge in [0.2, 0.25) is 70.9 Å². The monoisotopic (exact) mass is 1340 g/mol. The maximum atomic E-state index is 14.4. The van der Waals surface area contributed by atoms with Gasteiger partial charge >= 0.3 is 17.9 Å². The molecule has 0 saturated heterocycles. The molecule has 0 aromatic rings. The molecule has 14 atom stereocenters. The highest BCUT2D eigenvalue weighted by molar-refractivity contribution is 6.00. The molecule has 0 aliphatic heterocycles. The van der Waals surface area contributed by atoms with E-state index >= 15 is 0 Å². The minimum Gasteiger partial charge on any atom is -0.481 e. The second-order valence-corrected chi connectivity index (χ2v) is 23.2. The number of nitrogens with one attached hydrogen (secondary N) is 10. The first kappa shape index (κ1) is 85.2. The number of nitrogens with zero attached hydrogens (tertiary/aromatic N) is 1. The standard InChI is InChI=1S/C57H102N18O19/c1-8-28(5)43(53(90)69-35(19-21-41(81)82)49(86)67-34(18-20-40(79)80)50(87)71-37(56(93)94)26-39(62)78)74-54(91)44(29(6)9-2)73-51(88)36(25-38(61)77)70-48(85)32(16-10-12-22-58)66-47(84)33(17-11-13-23-59)68-52(89)42(27(3)4)72-55(92)45(30(7)76)75-46(83)31(60)15-14-24-65-57(63)64/h27-37,42-45,76H,8-26,58-60H2,1-7H3,(H2,61,77)(H2,62,78)(H,66,84)(H,67,86)(H,68,89)(H,69,90)(H,70,85)(H,71,87)(H,72,92)(H,73,88)(H,74,91)(H,75,83)(H,79,80)(H,81,82)(H,93,94)(H4,63,64,65)/t28-,29-,30+,31-,32-,33-,34-,35-,36-,37-,42-,43-,44-,45-/m0/s1. The number of amides is 12. The Labute approximate surface area is 545 Å². The lowest BCUT2D eigenvalue weighted by Gasteiger charge is -2.31. The van der Waals surface area contributed by atoms with Crippen molar-refractivity contribution in [1.82, 2.24) is 53.2 Å². The highest BCUT2D eigenvalue weighted by Gasteiger charge is 2.39. The summed E-state index contributed by atoms with van der Waals surface area (Å²) in [6.07, 6.45) is -4.35. The molecule has 0 radical (unpaired) electrons. The molecule has 37 nitrogen and oxygen atoms in total. The quantitative estimate of drug-likeness (QED) is 0.0153. The molecule has 534 valence electrons. The van der Waals surface area contributed by atoms with Crippen LogP contribution in [0.3, 0.4) is 0 Å². The second-order valence-electron chi connectivity index (χ2n) is 23.2. The van der Waals surface area contributed by atoms with Crippen molar-refractivity contribution < 1.29 is 92.3 Å². The molecule has 0 bridgehead atoms. The van der Waals surface area contributed by atoms with Gasteiger partial charge in [0.25, 0.3) is 0 Å². The third-order valence-electron chi connectivity index (χ3n) is 15.0. The average molecular weight is 1340 g/mol. The van der Waals surface area contributed by atoms with E-state index in [0.717, 1.165) is 0 Å². The lowest BCUT2D eigenvalue weighted by Crippen LogP contribution is -2.62. The Morgan fingerprint density at radius 1 is 0.394 bits per heavy atom. The lowest BCUT2D eigenvalue weighted by molar-refractivity contribution is -0.144.